The van der Waals surface area contributed by atoms with E-state index in [-0.39, 0.29) is 5.56 Å². The Morgan fingerprint density at radius 2 is 2.47 bits per heavy atom. The molecule has 0 unspecified atom stereocenters. The van der Waals surface area contributed by atoms with Gasteiger partial charge in [-0.3, -0.25) is 4.98 Å². The van der Waals surface area contributed by atoms with Crippen LogP contribution in [-0.4, -0.2) is 21.0 Å². The largest absolute Gasteiger partial charge is 0.478 e. The SMILES string of the molecule is C=CCc1cc2nccc(C(=O)O)c2[nH]1. The zero-order valence-electron chi connectivity index (χ0n) is 8.03. The summed E-state index contributed by atoms with van der Waals surface area (Å²) in [4.78, 5) is 18.0. The summed E-state index contributed by atoms with van der Waals surface area (Å²) >= 11 is 0. The highest BCUT2D eigenvalue weighted by atomic mass is 16.4. The van der Waals surface area contributed by atoms with Crippen LogP contribution >= 0.6 is 0 Å². The number of aromatic nitrogens is 2. The average Bonchev–Trinajstić information content (AvgIpc) is 2.59. The zero-order valence-corrected chi connectivity index (χ0v) is 8.03. The van der Waals surface area contributed by atoms with Crippen LogP contribution in [0.2, 0.25) is 0 Å². The van der Waals surface area contributed by atoms with Crippen molar-refractivity contribution in [1.29, 1.82) is 0 Å². The van der Waals surface area contributed by atoms with Crippen LogP contribution in [0.15, 0.2) is 31.0 Å². The predicted molar refractivity (Wildman–Crippen MR) is 57.0 cm³/mol. The fourth-order valence-corrected chi connectivity index (χ4v) is 1.52. The molecule has 0 atom stereocenters. The summed E-state index contributed by atoms with van der Waals surface area (Å²) in [7, 11) is 0. The molecular formula is C11H10N2O2. The van der Waals surface area contributed by atoms with Crippen molar-refractivity contribution in [3.63, 3.8) is 0 Å². The Morgan fingerprint density at radius 1 is 1.67 bits per heavy atom. The summed E-state index contributed by atoms with van der Waals surface area (Å²) < 4.78 is 0. The number of allylic oxidation sites excluding steroid dienone is 1. The Balaban J connectivity index is 2.64. The van der Waals surface area contributed by atoms with Gasteiger partial charge in [0.1, 0.15) is 0 Å². The van der Waals surface area contributed by atoms with E-state index < -0.39 is 5.97 Å². The number of hydrogen-bond donors (Lipinski definition) is 2. The topological polar surface area (TPSA) is 66.0 Å². The van der Waals surface area contributed by atoms with Crippen molar-refractivity contribution in [2.45, 2.75) is 6.42 Å². The van der Waals surface area contributed by atoms with Gasteiger partial charge in [-0.25, -0.2) is 4.79 Å². The van der Waals surface area contributed by atoms with Crippen LogP contribution in [0.25, 0.3) is 11.0 Å². The number of carbonyl (C=O) groups is 1. The van der Waals surface area contributed by atoms with E-state index in [1.54, 1.807) is 6.08 Å². The minimum absolute atomic E-state index is 0.246. The first kappa shape index (κ1) is 9.45. The van der Waals surface area contributed by atoms with Crippen molar-refractivity contribution in [2.24, 2.45) is 0 Å². The number of aromatic amines is 1. The van der Waals surface area contributed by atoms with Gasteiger partial charge in [-0.15, -0.1) is 6.58 Å². The van der Waals surface area contributed by atoms with Crippen molar-refractivity contribution >= 4 is 17.0 Å². The van der Waals surface area contributed by atoms with Gasteiger partial charge in [-0.2, -0.15) is 0 Å². The predicted octanol–water partition coefficient (Wildman–Crippen LogP) is 1.99. The maximum atomic E-state index is 10.9. The van der Waals surface area contributed by atoms with Crippen LogP contribution in [0.1, 0.15) is 16.1 Å². The second-order valence-electron chi connectivity index (χ2n) is 3.21. The van der Waals surface area contributed by atoms with E-state index in [1.165, 1.54) is 12.3 Å². The van der Waals surface area contributed by atoms with Gasteiger partial charge in [-0.05, 0) is 12.1 Å². The highest BCUT2D eigenvalue weighted by Crippen LogP contribution is 2.17. The highest BCUT2D eigenvalue weighted by Gasteiger charge is 2.10. The molecule has 0 saturated carbocycles. The maximum absolute atomic E-state index is 10.9. The minimum atomic E-state index is -0.950. The maximum Gasteiger partial charge on any atom is 0.337 e. The fraction of sp³-hybridized carbons (Fsp3) is 0.0909. The first-order valence-corrected chi connectivity index (χ1v) is 4.53. The molecule has 0 aliphatic rings. The lowest BCUT2D eigenvalue weighted by atomic mass is 10.2. The third-order valence-corrected chi connectivity index (χ3v) is 2.17. The van der Waals surface area contributed by atoms with Crippen molar-refractivity contribution in [1.82, 2.24) is 9.97 Å². The second kappa shape index (κ2) is 3.57. The van der Waals surface area contributed by atoms with Gasteiger partial charge >= 0.3 is 5.97 Å². The standard InChI is InChI=1S/C11H10N2O2/c1-2-3-7-6-9-10(13-7)8(11(14)15)4-5-12-9/h2,4-6,13H,1,3H2,(H,14,15). The third-order valence-electron chi connectivity index (χ3n) is 2.17. The van der Waals surface area contributed by atoms with Gasteiger partial charge in [-0.1, -0.05) is 6.08 Å². The second-order valence-corrected chi connectivity index (χ2v) is 3.21. The normalized spacial score (nSPS) is 10.4. The molecule has 0 spiro atoms. The van der Waals surface area contributed by atoms with Crippen molar-refractivity contribution in [3.8, 4) is 0 Å². The first-order valence-electron chi connectivity index (χ1n) is 4.53. The lowest BCUT2D eigenvalue weighted by Crippen LogP contribution is -1.97. The van der Waals surface area contributed by atoms with Crippen LogP contribution in [0.4, 0.5) is 0 Å². The van der Waals surface area contributed by atoms with Crippen LogP contribution in [-0.2, 0) is 6.42 Å². The molecule has 0 aliphatic carbocycles. The van der Waals surface area contributed by atoms with Crippen LogP contribution < -0.4 is 0 Å². The Morgan fingerprint density at radius 3 is 3.13 bits per heavy atom. The van der Waals surface area contributed by atoms with Gasteiger partial charge < -0.3 is 10.1 Å². The number of fused-ring (bicyclic) bond motifs is 1. The number of nitrogens with one attached hydrogen (secondary N) is 1. The lowest BCUT2D eigenvalue weighted by molar-refractivity contribution is 0.0699. The molecule has 0 amide bonds. The van der Waals surface area contributed by atoms with E-state index in [0.29, 0.717) is 17.5 Å². The zero-order chi connectivity index (χ0) is 10.8. The van der Waals surface area contributed by atoms with Gasteiger partial charge in [0.25, 0.3) is 0 Å². The summed E-state index contributed by atoms with van der Waals surface area (Å²) in [5.41, 5.74) is 2.41. The summed E-state index contributed by atoms with van der Waals surface area (Å²) in [5.74, 6) is -0.950. The molecule has 4 heteroatoms. The molecule has 0 aromatic carbocycles. The number of rotatable bonds is 3. The molecule has 2 aromatic heterocycles. The lowest BCUT2D eigenvalue weighted by Gasteiger charge is -1.95. The Kier molecular flexibility index (Phi) is 2.25. The Hall–Kier alpha value is -2.10. The van der Waals surface area contributed by atoms with Crippen molar-refractivity contribution in [3.05, 3.63) is 42.2 Å². The van der Waals surface area contributed by atoms with E-state index in [1.807, 2.05) is 6.07 Å². The number of nitrogens with zero attached hydrogens (tertiary/aromatic N) is 1. The van der Waals surface area contributed by atoms with Gasteiger partial charge in [0.2, 0.25) is 0 Å². The monoisotopic (exact) mass is 202 g/mol. The van der Waals surface area contributed by atoms with E-state index in [0.717, 1.165) is 5.69 Å². The van der Waals surface area contributed by atoms with Gasteiger partial charge in [0.15, 0.2) is 0 Å². The van der Waals surface area contributed by atoms with Crippen molar-refractivity contribution in [2.75, 3.05) is 0 Å². The van der Waals surface area contributed by atoms with Crippen molar-refractivity contribution < 1.29 is 9.90 Å². The first-order chi connectivity index (χ1) is 7.22. The molecule has 0 saturated heterocycles. The quantitative estimate of drug-likeness (QED) is 0.748. The molecule has 0 fully saturated rings. The van der Waals surface area contributed by atoms with Crippen LogP contribution in [0, 0.1) is 0 Å². The van der Waals surface area contributed by atoms with E-state index >= 15 is 0 Å². The molecule has 2 aromatic rings. The number of aromatic carboxylic acids is 1. The highest BCUT2D eigenvalue weighted by molar-refractivity contribution is 6.00. The van der Waals surface area contributed by atoms with Crippen LogP contribution in [0.5, 0.6) is 0 Å². The summed E-state index contributed by atoms with van der Waals surface area (Å²) in [6, 6.07) is 3.32. The third kappa shape index (κ3) is 1.61. The van der Waals surface area contributed by atoms with Gasteiger partial charge in [0.05, 0.1) is 16.6 Å². The Bertz CT molecular complexity index is 528. The average molecular weight is 202 g/mol. The van der Waals surface area contributed by atoms with Gasteiger partial charge in [0, 0.05) is 18.3 Å². The molecule has 2 N–H and O–H groups in total. The minimum Gasteiger partial charge on any atom is -0.478 e. The molecule has 76 valence electrons. The molecule has 15 heavy (non-hydrogen) atoms. The molecule has 2 rings (SSSR count). The number of H-pyrrole nitrogens is 1. The molecule has 0 aliphatic heterocycles. The molecular weight excluding hydrogens is 192 g/mol. The van der Waals surface area contributed by atoms with Crippen LogP contribution in [0.3, 0.4) is 0 Å². The number of hydrogen-bond acceptors (Lipinski definition) is 2. The smallest absolute Gasteiger partial charge is 0.337 e. The molecule has 2 heterocycles. The summed E-state index contributed by atoms with van der Waals surface area (Å²) in [5, 5.41) is 8.95. The molecule has 0 bridgehead atoms. The van der Waals surface area contributed by atoms with E-state index in [9.17, 15) is 4.79 Å². The summed E-state index contributed by atoms with van der Waals surface area (Å²) in [6.45, 7) is 3.63. The number of pyridine rings is 1. The van der Waals surface area contributed by atoms with E-state index in [4.69, 9.17) is 5.11 Å². The molecule has 0 radical (unpaired) electrons. The van der Waals surface area contributed by atoms with E-state index in [2.05, 4.69) is 16.5 Å². The fourth-order valence-electron chi connectivity index (χ4n) is 1.52. The molecule has 4 nitrogen and oxygen atoms in total. The number of carboxylic acid groups (broad SMARTS) is 1. The number of carboxylic acids is 1. The Labute approximate surface area is 86.3 Å². The summed E-state index contributed by atoms with van der Waals surface area (Å²) in [6.07, 6.45) is 3.93.